The molecule has 1 fully saturated rings. The van der Waals surface area contributed by atoms with Crippen molar-refractivity contribution in [1.29, 1.82) is 0 Å². The Labute approximate surface area is 99.2 Å². The van der Waals surface area contributed by atoms with E-state index in [1.165, 1.54) is 12.2 Å². The Morgan fingerprint density at radius 1 is 1.38 bits per heavy atom. The van der Waals surface area contributed by atoms with E-state index in [1.807, 2.05) is 11.8 Å². The lowest BCUT2D eigenvalue weighted by atomic mass is 10.1. The molecule has 2 aliphatic heterocycles. The molecule has 4 nitrogen and oxygen atoms in total. The van der Waals surface area contributed by atoms with Gasteiger partial charge in [0.25, 0.3) is 0 Å². The second kappa shape index (κ2) is 4.22. The Morgan fingerprint density at radius 2 is 2.31 bits per heavy atom. The van der Waals surface area contributed by atoms with Gasteiger partial charge in [0.1, 0.15) is 5.82 Å². The summed E-state index contributed by atoms with van der Waals surface area (Å²) in [6.07, 6.45) is 1.19. The van der Waals surface area contributed by atoms with Gasteiger partial charge in [-0.15, -0.1) is 0 Å². The van der Waals surface area contributed by atoms with Gasteiger partial charge in [0.05, 0.1) is 18.4 Å². The van der Waals surface area contributed by atoms with Crippen LogP contribution < -0.4 is 10.1 Å². The SMILES string of the molecule is COc1nc(C2CCSC2)nc2c1CNC2. The first kappa shape index (κ1) is 10.4. The zero-order chi connectivity index (χ0) is 11.0. The molecule has 0 radical (unpaired) electrons. The van der Waals surface area contributed by atoms with Crippen LogP contribution in [0.2, 0.25) is 0 Å². The van der Waals surface area contributed by atoms with Crippen LogP contribution in [0.25, 0.3) is 0 Å². The van der Waals surface area contributed by atoms with Crippen molar-refractivity contribution in [3.05, 3.63) is 17.1 Å². The minimum atomic E-state index is 0.518. The average Bonchev–Trinajstić information content (AvgIpc) is 2.97. The van der Waals surface area contributed by atoms with Crippen molar-refractivity contribution in [2.24, 2.45) is 0 Å². The first-order chi connectivity index (χ1) is 7.88. The molecule has 1 aromatic heterocycles. The predicted molar refractivity (Wildman–Crippen MR) is 63.8 cm³/mol. The molecule has 0 aromatic carbocycles. The summed E-state index contributed by atoms with van der Waals surface area (Å²) >= 11 is 1.99. The number of nitrogens with zero attached hydrogens (tertiary/aromatic N) is 2. The zero-order valence-corrected chi connectivity index (χ0v) is 10.1. The number of thioether (sulfide) groups is 1. The summed E-state index contributed by atoms with van der Waals surface area (Å²) in [6, 6.07) is 0. The topological polar surface area (TPSA) is 47.0 Å². The van der Waals surface area contributed by atoms with E-state index in [1.54, 1.807) is 7.11 Å². The van der Waals surface area contributed by atoms with Gasteiger partial charge in [-0.05, 0) is 12.2 Å². The molecule has 3 heterocycles. The van der Waals surface area contributed by atoms with E-state index in [9.17, 15) is 0 Å². The van der Waals surface area contributed by atoms with E-state index in [0.717, 1.165) is 41.8 Å². The van der Waals surface area contributed by atoms with E-state index in [-0.39, 0.29) is 0 Å². The van der Waals surface area contributed by atoms with Crippen LogP contribution in [0.15, 0.2) is 0 Å². The van der Waals surface area contributed by atoms with E-state index in [4.69, 9.17) is 4.74 Å². The molecule has 1 atom stereocenters. The van der Waals surface area contributed by atoms with Gasteiger partial charge in [0.15, 0.2) is 0 Å². The van der Waals surface area contributed by atoms with Gasteiger partial charge in [-0.3, -0.25) is 0 Å². The highest BCUT2D eigenvalue weighted by molar-refractivity contribution is 7.99. The second-order valence-corrected chi connectivity index (χ2v) is 5.33. The van der Waals surface area contributed by atoms with Gasteiger partial charge >= 0.3 is 0 Å². The maximum Gasteiger partial charge on any atom is 0.221 e. The minimum absolute atomic E-state index is 0.518. The molecule has 0 spiro atoms. The van der Waals surface area contributed by atoms with Crippen molar-refractivity contribution >= 4 is 11.8 Å². The van der Waals surface area contributed by atoms with Gasteiger partial charge in [0, 0.05) is 24.8 Å². The van der Waals surface area contributed by atoms with Crippen molar-refractivity contribution in [3.63, 3.8) is 0 Å². The Bertz CT molecular complexity index is 404. The number of ether oxygens (including phenoxy) is 1. The molecule has 3 rings (SSSR count). The van der Waals surface area contributed by atoms with Crippen LogP contribution in [0.4, 0.5) is 0 Å². The van der Waals surface area contributed by atoms with Gasteiger partial charge in [-0.2, -0.15) is 16.7 Å². The first-order valence-corrected chi connectivity index (χ1v) is 6.76. The average molecular weight is 237 g/mol. The highest BCUT2D eigenvalue weighted by Gasteiger charge is 2.25. The molecular formula is C11H15N3OS. The van der Waals surface area contributed by atoms with E-state index in [2.05, 4.69) is 15.3 Å². The summed E-state index contributed by atoms with van der Waals surface area (Å²) < 4.78 is 5.36. The minimum Gasteiger partial charge on any atom is -0.481 e. The largest absolute Gasteiger partial charge is 0.481 e. The third-order valence-corrected chi connectivity index (χ3v) is 4.32. The number of fused-ring (bicyclic) bond motifs is 1. The predicted octanol–water partition coefficient (Wildman–Crippen LogP) is 1.31. The Hall–Kier alpha value is -0.810. The van der Waals surface area contributed by atoms with Crippen molar-refractivity contribution in [2.45, 2.75) is 25.4 Å². The maximum absolute atomic E-state index is 5.36. The highest BCUT2D eigenvalue weighted by Crippen LogP contribution is 2.33. The van der Waals surface area contributed by atoms with Crippen LogP contribution in [-0.4, -0.2) is 28.6 Å². The zero-order valence-electron chi connectivity index (χ0n) is 9.32. The lowest BCUT2D eigenvalue weighted by molar-refractivity contribution is 0.388. The standard InChI is InChI=1S/C11H15N3OS/c1-15-11-8-4-12-5-9(8)13-10(14-11)7-2-3-16-6-7/h7,12H,2-6H2,1H3. The molecular weight excluding hydrogens is 222 g/mol. The molecule has 1 unspecified atom stereocenters. The molecule has 16 heavy (non-hydrogen) atoms. The highest BCUT2D eigenvalue weighted by atomic mass is 32.2. The maximum atomic E-state index is 5.36. The fourth-order valence-corrected chi connectivity index (χ4v) is 3.46. The van der Waals surface area contributed by atoms with Gasteiger partial charge < -0.3 is 10.1 Å². The molecule has 0 saturated carbocycles. The molecule has 86 valence electrons. The van der Waals surface area contributed by atoms with Crippen molar-refractivity contribution in [2.75, 3.05) is 18.6 Å². The van der Waals surface area contributed by atoms with Crippen molar-refractivity contribution in [1.82, 2.24) is 15.3 Å². The Morgan fingerprint density at radius 3 is 3.06 bits per heavy atom. The van der Waals surface area contributed by atoms with Gasteiger partial charge in [0.2, 0.25) is 5.88 Å². The molecule has 0 amide bonds. The van der Waals surface area contributed by atoms with Crippen LogP contribution in [0.1, 0.15) is 29.4 Å². The van der Waals surface area contributed by atoms with Crippen molar-refractivity contribution < 1.29 is 4.74 Å². The van der Waals surface area contributed by atoms with Crippen LogP contribution in [-0.2, 0) is 13.1 Å². The quantitative estimate of drug-likeness (QED) is 0.840. The molecule has 1 N–H and O–H groups in total. The number of nitrogens with one attached hydrogen (secondary N) is 1. The third kappa shape index (κ3) is 1.68. The second-order valence-electron chi connectivity index (χ2n) is 4.18. The Kier molecular flexibility index (Phi) is 2.73. The summed E-state index contributed by atoms with van der Waals surface area (Å²) in [5.41, 5.74) is 2.26. The fourth-order valence-electron chi connectivity index (χ4n) is 2.25. The van der Waals surface area contributed by atoms with E-state index < -0.39 is 0 Å². The summed E-state index contributed by atoms with van der Waals surface area (Å²) in [5.74, 6) is 4.64. The number of rotatable bonds is 2. The summed E-state index contributed by atoms with van der Waals surface area (Å²) in [7, 11) is 1.69. The number of aromatic nitrogens is 2. The normalized spacial score (nSPS) is 23.4. The Balaban J connectivity index is 2.00. The van der Waals surface area contributed by atoms with Gasteiger partial charge in [-0.1, -0.05) is 0 Å². The summed E-state index contributed by atoms with van der Waals surface area (Å²) in [6.45, 7) is 1.68. The summed E-state index contributed by atoms with van der Waals surface area (Å²) in [5, 5.41) is 3.29. The van der Waals surface area contributed by atoms with Crippen LogP contribution in [0, 0.1) is 0 Å². The van der Waals surface area contributed by atoms with E-state index >= 15 is 0 Å². The number of methoxy groups -OCH3 is 1. The number of hydrogen-bond donors (Lipinski definition) is 1. The summed E-state index contributed by atoms with van der Waals surface area (Å²) in [4.78, 5) is 9.24. The van der Waals surface area contributed by atoms with Crippen LogP contribution in [0.3, 0.4) is 0 Å². The molecule has 5 heteroatoms. The first-order valence-electron chi connectivity index (χ1n) is 5.60. The molecule has 1 saturated heterocycles. The monoisotopic (exact) mass is 237 g/mol. The van der Waals surface area contributed by atoms with Gasteiger partial charge in [-0.25, -0.2) is 4.98 Å². The third-order valence-electron chi connectivity index (χ3n) is 3.15. The molecule has 1 aromatic rings. The van der Waals surface area contributed by atoms with Crippen LogP contribution in [0.5, 0.6) is 5.88 Å². The lowest BCUT2D eigenvalue weighted by Crippen LogP contribution is -2.08. The fraction of sp³-hybridized carbons (Fsp3) is 0.636. The smallest absolute Gasteiger partial charge is 0.221 e. The molecule has 0 bridgehead atoms. The number of hydrogen-bond acceptors (Lipinski definition) is 5. The van der Waals surface area contributed by atoms with Crippen LogP contribution >= 0.6 is 11.8 Å². The lowest BCUT2D eigenvalue weighted by Gasteiger charge is -2.11. The van der Waals surface area contributed by atoms with E-state index in [0.29, 0.717) is 5.92 Å². The molecule has 2 aliphatic rings. The molecule has 0 aliphatic carbocycles. The van der Waals surface area contributed by atoms with Crippen molar-refractivity contribution in [3.8, 4) is 5.88 Å².